The first-order valence-corrected chi connectivity index (χ1v) is 5.84. The normalized spacial score (nSPS) is 11.1. The number of nitrogens with zero attached hydrogens (tertiary/aromatic N) is 2. The number of aryl methyl sites for hydroxylation is 1. The summed E-state index contributed by atoms with van der Waals surface area (Å²) in [6.07, 6.45) is 3.55. The summed E-state index contributed by atoms with van der Waals surface area (Å²) in [5.41, 5.74) is 2.72. The molecule has 0 bridgehead atoms. The van der Waals surface area contributed by atoms with Crippen molar-refractivity contribution >= 4 is 17.2 Å². The van der Waals surface area contributed by atoms with Crippen molar-refractivity contribution in [2.75, 3.05) is 0 Å². The number of hydrogen-bond acceptors (Lipinski definition) is 1. The molecule has 1 radical (unpaired) electrons. The molecular weight excluding hydrogens is 251 g/mol. The standard InChI is InChI=1S/C14H9ClFN2/c1-9-7-17-14-12(15)6-10(8-18(9)14)11-4-2-3-5-13(11)16/h2-3,5-8H,1H3. The third-order valence-corrected chi connectivity index (χ3v) is 3.12. The Morgan fingerprint density at radius 1 is 1.44 bits per heavy atom. The van der Waals surface area contributed by atoms with Gasteiger partial charge in [0.15, 0.2) is 5.65 Å². The molecule has 0 fully saturated rings. The van der Waals surface area contributed by atoms with Crippen molar-refractivity contribution < 1.29 is 4.39 Å². The van der Waals surface area contributed by atoms with Gasteiger partial charge in [0, 0.05) is 29.2 Å². The van der Waals surface area contributed by atoms with Gasteiger partial charge in [-0.3, -0.25) is 0 Å². The average molecular weight is 260 g/mol. The quantitative estimate of drug-likeness (QED) is 0.648. The third-order valence-electron chi connectivity index (χ3n) is 2.84. The molecule has 0 atom stereocenters. The number of hydrogen-bond donors (Lipinski definition) is 0. The van der Waals surface area contributed by atoms with Crippen molar-refractivity contribution in [3.63, 3.8) is 0 Å². The van der Waals surface area contributed by atoms with Crippen LogP contribution in [-0.2, 0) is 0 Å². The number of pyridine rings is 1. The van der Waals surface area contributed by atoms with Crippen LogP contribution in [0.4, 0.5) is 4.39 Å². The highest BCUT2D eigenvalue weighted by Crippen LogP contribution is 2.27. The zero-order valence-corrected chi connectivity index (χ0v) is 10.4. The van der Waals surface area contributed by atoms with Crippen molar-refractivity contribution in [2.24, 2.45) is 0 Å². The molecule has 0 aliphatic carbocycles. The molecule has 0 saturated carbocycles. The molecule has 0 N–H and O–H groups in total. The Labute approximate surface area is 109 Å². The van der Waals surface area contributed by atoms with Gasteiger partial charge in [-0.25, -0.2) is 9.37 Å². The van der Waals surface area contributed by atoms with Gasteiger partial charge in [0.25, 0.3) is 0 Å². The molecule has 89 valence electrons. The molecule has 2 heterocycles. The molecule has 18 heavy (non-hydrogen) atoms. The van der Waals surface area contributed by atoms with Crippen LogP contribution in [0.15, 0.2) is 36.7 Å². The first-order chi connectivity index (χ1) is 8.66. The van der Waals surface area contributed by atoms with E-state index in [1.807, 2.05) is 17.5 Å². The molecule has 2 aromatic heterocycles. The predicted octanol–water partition coefficient (Wildman–Crippen LogP) is 3.90. The van der Waals surface area contributed by atoms with E-state index in [2.05, 4.69) is 11.1 Å². The van der Waals surface area contributed by atoms with Crippen LogP contribution in [0.2, 0.25) is 5.02 Å². The summed E-state index contributed by atoms with van der Waals surface area (Å²) < 4.78 is 15.6. The van der Waals surface area contributed by atoms with Crippen molar-refractivity contribution in [2.45, 2.75) is 6.92 Å². The number of halogens is 2. The van der Waals surface area contributed by atoms with Crippen LogP contribution < -0.4 is 0 Å². The lowest BCUT2D eigenvalue weighted by Crippen LogP contribution is -1.92. The molecule has 0 aliphatic rings. The van der Waals surface area contributed by atoms with E-state index in [0.29, 0.717) is 21.8 Å². The van der Waals surface area contributed by atoms with E-state index in [4.69, 9.17) is 11.6 Å². The van der Waals surface area contributed by atoms with Crippen LogP contribution >= 0.6 is 11.6 Å². The van der Waals surface area contributed by atoms with E-state index in [0.717, 1.165) is 5.69 Å². The van der Waals surface area contributed by atoms with E-state index in [1.54, 1.807) is 24.4 Å². The number of benzene rings is 1. The Morgan fingerprint density at radius 3 is 3.06 bits per heavy atom. The molecule has 0 amide bonds. The predicted molar refractivity (Wildman–Crippen MR) is 69.2 cm³/mol. The summed E-state index contributed by atoms with van der Waals surface area (Å²) in [6, 6.07) is 9.29. The van der Waals surface area contributed by atoms with Crippen molar-refractivity contribution in [1.29, 1.82) is 0 Å². The van der Waals surface area contributed by atoms with Crippen LogP contribution in [0, 0.1) is 18.8 Å². The monoisotopic (exact) mass is 259 g/mol. The lowest BCUT2D eigenvalue weighted by molar-refractivity contribution is 0.631. The number of fused-ring (bicyclic) bond motifs is 1. The van der Waals surface area contributed by atoms with Crippen LogP contribution in [0.3, 0.4) is 0 Å². The summed E-state index contributed by atoms with van der Waals surface area (Å²) in [6.45, 7) is 1.92. The lowest BCUT2D eigenvalue weighted by atomic mass is 10.1. The maximum Gasteiger partial charge on any atom is 0.155 e. The number of imidazole rings is 1. The Balaban J connectivity index is 2.31. The maximum atomic E-state index is 13.7. The van der Waals surface area contributed by atoms with Crippen LogP contribution in [0.25, 0.3) is 16.8 Å². The zero-order valence-electron chi connectivity index (χ0n) is 9.61. The second-order valence-electron chi connectivity index (χ2n) is 4.06. The molecule has 1 aromatic carbocycles. The zero-order chi connectivity index (χ0) is 12.7. The van der Waals surface area contributed by atoms with Gasteiger partial charge in [-0.05, 0) is 25.1 Å². The molecular formula is C14H9ClFN2. The van der Waals surface area contributed by atoms with Gasteiger partial charge in [-0.2, -0.15) is 0 Å². The number of rotatable bonds is 1. The third kappa shape index (κ3) is 1.68. The highest BCUT2D eigenvalue weighted by molar-refractivity contribution is 6.33. The summed E-state index contributed by atoms with van der Waals surface area (Å²) in [7, 11) is 0. The summed E-state index contributed by atoms with van der Waals surface area (Å²) in [4.78, 5) is 4.20. The van der Waals surface area contributed by atoms with Gasteiger partial charge in [0.2, 0.25) is 0 Å². The Kier molecular flexibility index (Phi) is 2.56. The summed E-state index contributed by atoms with van der Waals surface area (Å²) >= 11 is 6.16. The van der Waals surface area contributed by atoms with E-state index in [-0.39, 0.29) is 5.82 Å². The second kappa shape index (κ2) is 4.10. The lowest BCUT2D eigenvalue weighted by Gasteiger charge is -2.06. The van der Waals surface area contributed by atoms with Crippen molar-refractivity contribution in [3.8, 4) is 11.1 Å². The first-order valence-electron chi connectivity index (χ1n) is 5.46. The summed E-state index contributed by atoms with van der Waals surface area (Å²) in [5, 5.41) is 0.497. The Hall–Kier alpha value is -1.87. The SMILES string of the molecule is Cc1cnc2c(Cl)cc(-c3[c]cccc3F)cn12. The highest BCUT2D eigenvalue weighted by atomic mass is 35.5. The van der Waals surface area contributed by atoms with Crippen LogP contribution in [0.5, 0.6) is 0 Å². The second-order valence-corrected chi connectivity index (χ2v) is 4.47. The van der Waals surface area contributed by atoms with E-state index in [9.17, 15) is 4.39 Å². The minimum atomic E-state index is -0.314. The van der Waals surface area contributed by atoms with Crippen LogP contribution in [0.1, 0.15) is 5.69 Å². The van der Waals surface area contributed by atoms with Crippen LogP contribution in [-0.4, -0.2) is 9.38 Å². The molecule has 4 heteroatoms. The average Bonchev–Trinajstić information content (AvgIpc) is 2.72. The fourth-order valence-corrected chi connectivity index (χ4v) is 2.19. The maximum absolute atomic E-state index is 13.7. The van der Waals surface area contributed by atoms with E-state index in [1.165, 1.54) is 6.07 Å². The minimum absolute atomic E-state index is 0.314. The Bertz CT molecular complexity index is 734. The molecule has 3 rings (SSSR count). The fourth-order valence-electron chi connectivity index (χ4n) is 1.94. The van der Waals surface area contributed by atoms with Gasteiger partial charge < -0.3 is 4.40 Å². The first kappa shape index (κ1) is 11.2. The smallest absolute Gasteiger partial charge is 0.155 e. The molecule has 3 aromatic rings. The minimum Gasteiger partial charge on any atom is -0.303 e. The highest BCUT2D eigenvalue weighted by Gasteiger charge is 2.10. The molecule has 0 unspecified atom stereocenters. The van der Waals surface area contributed by atoms with Crippen molar-refractivity contribution in [1.82, 2.24) is 9.38 Å². The van der Waals surface area contributed by atoms with Gasteiger partial charge >= 0.3 is 0 Å². The molecule has 0 saturated heterocycles. The fraction of sp³-hybridized carbons (Fsp3) is 0.0714. The van der Waals surface area contributed by atoms with Gasteiger partial charge in [-0.1, -0.05) is 23.7 Å². The van der Waals surface area contributed by atoms with Crippen molar-refractivity contribution in [3.05, 3.63) is 59.3 Å². The van der Waals surface area contributed by atoms with Gasteiger partial charge in [0.05, 0.1) is 5.02 Å². The Morgan fingerprint density at radius 2 is 2.28 bits per heavy atom. The van der Waals surface area contributed by atoms with Gasteiger partial charge in [-0.15, -0.1) is 0 Å². The molecule has 0 aliphatic heterocycles. The molecule has 0 spiro atoms. The summed E-state index contributed by atoms with van der Waals surface area (Å²) in [5.74, 6) is -0.314. The van der Waals surface area contributed by atoms with Gasteiger partial charge in [0.1, 0.15) is 5.82 Å². The van der Waals surface area contributed by atoms with E-state index >= 15 is 0 Å². The molecule has 2 nitrogen and oxygen atoms in total. The number of aromatic nitrogens is 2. The largest absolute Gasteiger partial charge is 0.303 e. The van der Waals surface area contributed by atoms with E-state index < -0.39 is 0 Å². The topological polar surface area (TPSA) is 17.3 Å².